The number of likely N-dealkylation sites (N-methyl/N-ethyl adjacent to an activating group) is 1. The van der Waals surface area contributed by atoms with E-state index in [1.807, 2.05) is 36.1 Å². The Morgan fingerprint density at radius 3 is 2.71 bits per heavy atom. The molecule has 164 valence electrons. The van der Waals surface area contributed by atoms with Gasteiger partial charge in [0.1, 0.15) is 5.75 Å². The zero-order valence-corrected chi connectivity index (χ0v) is 18.7. The summed E-state index contributed by atoms with van der Waals surface area (Å²) in [6.07, 6.45) is 2.64. The highest BCUT2D eigenvalue weighted by atomic mass is 16.5. The summed E-state index contributed by atoms with van der Waals surface area (Å²) in [5.41, 5.74) is 5.56. The fraction of sp³-hybridized carbons (Fsp3) is 0.417. The number of carbonyl (C=O) groups is 2. The van der Waals surface area contributed by atoms with E-state index in [9.17, 15) is 9.59 Å². The molecular weight excluding hydrogens is 392 g/mol. The van der Waals surface area contributed by atoms with Crippen molar-refractivity contribution < 1.29 is 14.3 Å². The zero-order valence-electron chi connectivity index (χ0n) is 18.7. The van der Waals surface area contributed by atoms with Gasteiger partial charge in [-0.25, -0.2) is 0 Å². The fourth-order valence-electron chi connectivity index (χ4n) is 4.40. The van der Waals surface area contributed by atoms with Gasteiger partial charge in [0.25, 0.3) is 11.8 Å². The summed E-state index contributed by atoms with van der Waals surface area (Å²) in [6, 6.07) is 5.53. The van der Waals surface area contributed by atoms with E-state index in [1.54, 1.807) is 7.11 Å². The van der Waals surface area contributed by atoms with Crippen LogP contribution in [0.15, 0.2) is 18.2 Å². The predicted octanol–water partition coefficient (Wildman–Crippen LogP) is 3.16. The van der Waals surface area contributed by atoms with Gasteiger partial charge in [0, 0.05) is 48.7 Å². The lowest BCUT2D eigenvalue weighted by molar-refractivity contribution is -0.110. The Hall–Kier alpha value is -3.06. The molecular formula is C24H30N4O3. The number of nitrogens with one attached hydrogen (secondary N) is 2. The second kappa shape index (κ2) is 8.59. The van der Waals surface area contributed by atoms with Crippen LogP contribution in [-0.2, 0) is 11.2 Å². The molecule has 0 unspecified atom stereocenters. The highest BCUT2D eigenvalue weighted by Gasteiger charge is 2.30. The number of ether oxygens (including phenoxy) is 1. The molecule has 2 N–H and O–H groups in total. The lowest BCUT2D eigenvalue weighted by Gasteiger charge is -2.29. The number of amides is 2. The number of nitrogens with zero attached hydrogens (tertiary/aromatic N) is 2. The van der Waals surface area contributed by atoms with Crippen LogP contribution < -0.4 is 10.1 Å². The van der Waals surface area contributed by atoms with Gasteiger partial charge in [0.05, 0.1) is 18.2 Å². The number of aromatic amines is 1. The van der Waals surface area contributed by atoms with Crippen molar-refractivity contribution in [3.63, 3.8) is 0 Å². The van der Waals surface area contributed by atoms with Crippen LogP contribution in [0.3, 0.4) is 0 Å². The van der Waals surface area contributed by atoms with Crippen LogP contribution in [-0.4, -0.2) is 66.4 Å². The van der Waals surface area contributed by atoms with Crippen LogP contribution in [0.1, 0.15) is 46.7 Å². The predicted molar refractivity (Wildman–Crippen MR) is 122 cm³/mol. The summed E-state index contributed by atoms with van der Waals surface area (Å²) in [5, 5.41) is 2.90. The molecule has 4 rings (SSSR count). The largest absolute Gasteiger partial charge is 0.497 e. The highest BCUT2D eigenvalue weighted by molar-refractivity contribution is 6.35. The van der Waals surface area contributed by atoms with Crippen LogP contribution in [0.25, 0.3) is 11.6 Å². The van der Waals surface area contributed by atoms with Crippen LogP contribution in [0, 0.1) is 6.92 Å². The maximum Gasteiger partial charge on any atom is 0.256 e. The summed E-state index contributed by atoms with van der Waals surface area (Å²) in [6.45, 7) is 10.5. The molecule has 0 saturated carbocycles. The van der Waals surface area contributed by atoms with Crippen molar-refractivity contribution >= 4 is 29.2 Å². The molecule has 7 nitrogen and oxygen atoms in total. The number of benzene rings is 1. The molecule has 2 amide bonds. The molecule has 0 radical (unpaired) electrons. The van der Waals surface area contributed by atoms with Gasteiger partial charge in [0.2, 0.25) is 0 Å². The minimum atomic E-state index is -0.151. The van der Waals surface area contributed by atoms with E-state index < -0.39 is 0 Å². The van der Waals surface area contributed by atoms with E-state index >= 15 is 0 Å². The lowest BCUT2D eigenvalue weighted by Crippen LogP contribution is -2.42. The van der Waals surface area contributed by atoms with Crippen molar-refractivity contribution in [2.45, 2.75) is 27.2 Å². The Morgan fingerprint density at radius 1 is 1.23 bits per heavy atom. The molecule has 2 aromatic rings. The number of carbonyl (C=O) groups excluding carboxylic acids is 2. The van der Waals surface area contributed by atoms with Crippen molar-refractivity contribution in [1.29, 1.82) is 0 Å². The fourth-order valence-corrected chi connectivity index (χ4v) is 4.40. The molecule has 2 aliphatic heterocycles. The Labute approximate surface area is 183 Å². The standard InChI is InChI=1S/C24H30N4O3/c1-5-27(6-2)11-12-28-10-9-20-22(24(28)30)15(3)21(25-20)14-18-17-13-16(31-4)7-8-19(17)26-23(18)29/h7-8,13-14,25H,5-6,9-12H2,1-4H3,(H,26,29)/b18-14-. The first-order chi connectivity index (χ1) is 15.0. The van der Waals surface area contributed by atoms with Crippen molar-refractivity contribution in [2.24, 2.45) is 0 Å². The average Bonchev–Trinajstić information content (AvgIpc) is 3.26. The van der Waals surface area contributed by atoms with Gasteiger partial charge >= 0.3 is 0 Å². The number of H-pyrrole nitrogens is 1. The van der Waals surface area contributed by atoms with E-state index in [0.717, 1.165) is 66.4 Å². The van der Waals surface area contributed by atoms with E-state index in [2.05, 4.69) is 29.0 Å². The Morgan fingerprint density at radius 2 is 2.00 bits per heavy atom. The van der Waals surface area contributed by atoms with Gasteiger partial charge in [-0.2, -0.15) is 0 Å². The number of hydrogen-bond donors (Lipinski definition) is 2. The third-order valence-corrected chi connectivity index (χ3v) is 6.38. The maximum atomic E-state index is 13.2. The summed E-state index contributed by atoms with van der Waals surface area (Å²) in [5.74, 6) is 0.620. The molecule has 31 heavy (non-hydrogen) atoms. The summed E-state index contributed by atoms with van der Waals surface area (Å²) in [7, 11) is 1.61. The molecule has 0 spiro atoms. The summed E-state index contributed by atoms with van der Waals surface area (Å²) in [4.78, 5) is 33.5. The van der Waals surface area contributed by atoms with Gasteiger partial charge in [-0.05, 0) is 49.9 Å². The molecule has 3 heterocycles. The molecule has 7 heteroatoms. The van der Waals surface area contributed by atoms with E-state index in [1.165, 1.54) is 0 Å². The van der Waals surface area contributed by atoms with Gasteiger partial charge < -0.3 is 24.8 Å². The third kappa shape index (κ3) is 3.85. The molecule has 1 aromatic heterocycles. The first-order valence-corrected chi connectivity index (χ1v) is 10.9. The number of anilines is 1. The first kappa shape index (κ1) is 21.2. The highest BCUT2D eigenvalue weighted by Crippen LogP contribution is 2.36. The minimum Gasteiger partial charge on any atom is -0.497 e. The van der Waals surface area contributed by atoms with Crippen molar-refractivity contribution in [3.05, 3.63) is 46.3 Å². The molecule has 0 atom stereocenters. The summed E-state index contributed by atoms with van der Waals surface area (Å²) >= 11 is 0. The van der Waals surface area contributed by atoms with Crippen LogP contribution in [0.2, 0.25) is 0 Å². The molecule has 2 aliphatic rings. The van der Waals surface area contributed by atoms with Crippen molar-refractivity contribution in [1.82, 2.24) is 14.8 Å². The smallest absolute Gasteiger partial charge is 0.256 e. The van der Waals surface area contributed by atoms with E-state index in [4.69, 9.17) is 4.74 Å². The average molecular weight is 423 g/mol. The number of hydrogen-bond acceptors (Lipinski definition) is 4. The topological polar surface area (TPSA) is 77.7 Å². The minimum absolute atomic E-state index is 0.0738. The molecule has 1 aromatic carbocycles. The van der Waals surface area contributed by atoms with Crippen molar-refractivity contribution in [3.8, 4) is 5.75 Å². The first-order valence-electron chi connectivity index (χ1n) is 10.9. The summed E-state index contributed by atoms with van der Waals surface area (Å²) < 4.78 is 5.32. The van der Waals surface area contributed by atoms with Crippen LogP contribution in [0.5, 0.6) is 5.75 Å². The SMILES string of the molecule is CCN(CC)CCN1CCc2[nH]c(/C=C3\C(=O)Nc4ccc(OC)cc43)c(C)c2C1=O. The zero-order chi connectivity index (χ0) is 22.1. The number of methoxy groups -OCH3 is 1. The quantitative estimate of drug-likeness (QED) is 0.672. The monoisotopic (exact) mass is 422 g/mol. The van der Waals surface area contributed by atoms with E-state index in [0.29, 0.717) is 17.9 Å². The molecule has 0 aliphatic carbocycles. The van der Waals surface area contributed by atoms with E-state index in [-0.39, 0.29) is 11.8 Å². The van der Waals surface area contributed by atoms with Gasteiger partial charge in [-0.1, -0.05) is 13.8 Å². The number of fused-ring (bicyclic) bond motifs is 2. The second-order valence-electron chi connectivity index (χ2n) is 8.01. The molecule has 0 fully saturated rings. The Bertz CT molecular complexity index is 1050. The van der Waals surface area contributed by atoms with Crippen LogP contribution in [0.4, 0.5) is 5.69 Å². The van der Waals surface area contributed by atoms with Gasteiger partial charge in [-0.3, -0.25) is 9.59 Å². The van der Waals surface area contributed by atoms with Gasteiger partial charge in [-0.15, -0.1) is 0 Å². The maximum absolute atomic E-state index is 13.2. The molecule has 0 bridgehead atoms. The Kier molecular flexibility index (Phi) is 5.87. The number of aromatic nitrogens is 1. The Balaban J connectivity index is 1.62. The normalized spacial score (nSPS) is 16.7. The third-order valence-electron chi connectivity index (χ3n) is 6.38. The number of rotatable bonds is 7. The van der Waals surface area contributed by atoms with Gasteiger partial charge in [0.15, 0.2) is 0 Å². The second-order valence-corrected chi connectivity index (χ2v) is 8.01. The van der Waals surface area contributed by atoms with Crippen LogP contribution >= 0.6 is 0 Å². The lowest BCUT2D eigenvalue weighted by atomic mass is 10.0. The molecule has 0 saturated heterocycles. The van der Waals surface area contributed by atoms with Crippen molar-refractivity contribution in [2.75, 3.05) is 45.2 Å².